The van der Waals surface area contributed by atoms with Gasteiger partial charge in [0, 0.05) is 24.7 Å². The van der Waals surface area contributed by atoms with Crippen LogP contribution in [0.15, 0.2) is 34.9 Å². The highest BCUT2D eigenvalue weighted by Crippen LogP contribution is 2.23. The van der Waals surface area contributed by atoms with E-state index in [1.165, 1.54) is 12.8 Å². The SMILES string of the molecule is COc1ccc(-c2cc(CC(=O)N3CCCCCC3)no2)cc1. The van der Waals surface area contributed by atoms with E-state index in [2.05, 4.69) is 5.16 Å². The van der Waals surface area contributed by atoms with E-state index in [-0.39, 0.29) is 5.91 Å². The van der Waals surface area contributed by atoms with E-state index in [9.17, 15) is 4.79 Å². The summed E-state index contributed by atoms with van der Waals surface area (Å²) in [7, 11) is 1.63. The number of likely N-dealkylation sites (tertiary alicyclic amines) is 1. The van der Waals surface area contributed by atoms with Gasteiger partial charge >= 0.3 is 0 Å². The molecule has 5 heteroatoms. The Balaban J connectivity index is 1.65. The highest BCUT2D eigenvalue weighted by molar-refractivity contribution is 5.78. The van der Waals surface area contributed by atoms with E-state index in [0.29, 0.717) is 17.9 Å². The molecule has 0 radical (unpaired) electrons. The van der Waals surface area contributed by atoms with Crippen molar-refractivity contribution >= 4 is 5.91 Å². The number of aromatic nitrogens is 1. The van der Waals surface area contributed by atoms with Gasteiger partial charge in [0.05, 0.1) is 19.2 Å². The van der Waals surface area contributed by atoms with Crippen LogP contribution in [0.4, 0.5) is 0 Å². The minimum Gasteiger partial charge on any atom is -0.497 e. The molecular weight excluding hydrogens is 292 g/mol. The Kier molecular flexibility index (Phi) is 4.95. The number of nitrogens with zero attached hydrogens (tertiary/aromatic N) is 2. The van der Waals surface area contributed by atoms with Crippen LogP contribution in [-0.2, 0) is 11.2 Å². The van der Waals surface area contributed by atoms with Crippen molar-refractivity contribution in [2.24, 2.45) is 0 Å². The first kappa shape index (κ1) is 15.6. The molecule has 0 saturated carbocycles. The van der Waals surface area contributed by atoms with Crippen molar-refractivity contribution in [3.8, 4) is 17.1 Å². The third-order valence-electron chi connectivity index (χ3n) is 4.22. The van der Waals surface area contributed by atoms with Crippen LogP contribution in [0.2, 0.25) is 0 Å². The van der Waals surface area contributed by atoms with Gasteiger partial charge in [0.15, 0.2) is 5.76 Å². The third kappa shape index (κ3) is 3.92. The molecule has 0 unspecified atom stereocenters. The zero-order valence-electron chi connectivity index (χ0n) is 13.5. The van der Waals surface area contributed by atoms with Crippen LogP contribution in [0, 0.1) is 0 Å². The Labute approximate surface area is 136 Å². The van der Waals surface area contributed by atoms with Crippen molar-refractivity contribution in [2.75, 3.05) is 20.2 Å². The van der Waals surface area contributed by atoms with E-state index in [0.717, 1.165) is 37.2 Å². The molecule has 1 aromatic heterocycles. The van der Waals surface area contributed by atoms with Gasteiger partial charge in [-0.25, -0.2) is 0 Å². The van der Waals surface area contributed by atoms with Crippen molar-refractivity contribution in [1.82, 2.24) is 10.1 Å². The molecule has 2 heterocycles. The molecule has 3 rings (SSSR count). The van der Waals surface area contributed by atoms with Crippen LogP contribution < -0.4 is 4.74 Å². The minimum absolute atomic E-state index is 0.140. The molecule has 23 heavy (non-hydrogen) atoms. The average molecular weight is 314 g/mol. The maximum atomic E-state index is 12.4. The van der Waals surface area contributed by atoms with Crippen molar-refractivity contribution in [3.63, 3.8) is 0 Å². The smallest absolute Gasteiger partial charge is 0.228 e. The molecular formula is C18H22N2O3. The maximum absolute atomic E-state index is 12.4. The van der Waals surface area contributed by atoms with E-state index < -0.39 is 0 Å². The summed E-state index contributed by atoms with van der Waals surface area (Å²) in [5.74, 6) is 1.61. The first-order valence-electron chi connectivity index (χ1n) is 8.14. The molecule has 2 aromatic rings. The maximum Gasteiger partial charge on any atom is 0.228 e. The van der Waals surface area contributed by atoms with E-state index in [4.69, 9.17) is 9.26 Å². The zero-order valence-corrected chi connectivity index (χ0v) is 13.5. The number of carbonyl (C=O) groups excluding carboxylic acids is 1. The number of methoxy groups -OCH3 is 1. The van der Waals surface area contributed by atoms with E-state index in [1.54, 1.807) is 7.11 Å². The van der Waals surface area contributed by atoms with E-state index in [1.807, 2.05) is 35.2 Å². The predicted octanol–water partition coefficient (Wildman–Crippen LogP) is 3.30. The number of amides is 1. The zero-order chi connectivity index (χ0) is 16.1. The standard InChI is InChI=1S/C18H22N2O3/c1-22-16-8-6-14(7-9-16)17-12-15(19-23-17)13-18(21)20-10-4-2-3-5-11-20/h6-9,12H,2-5,10-11,13H2,1H3. The number of carbonyl (C=O) groups is 1. The highest BCUT2D eigenvalue weighted by Gasteiger charge is 2.18. The summed E-state index contributed by atoms with van der Waals surface area (Å²) in [4.78, 5) is 14.3. The highest BCUT2D eigenvalue weighted by atomic mass is 16.5. The van der Waals surface area contributed by atoms with Crippen LogP contribution in [0.3, 0.4) is 0 Å². The van der Waals surface area contributed by atoms with Crippen molar-refractivity contribution in [1.29, 1.82) is 0 Å². The minimum atomic E-state index is 0.140. The van der Waals surface area contributed by atoms with Crippen LogP contribution in [0.25, 0.3) is 11.3 Å². The monoisotopic (exact) mass is 314 g/mol. The van der Waals surface area contributed by atoms with Gasteiger partial charge in [-0.3, -0.25) is 4.79 Å². The lowest BCUT2D eigenvalue weighted by Crippen LogP contribution is -2.33. The van der Waals surface area contributed by atoms with Crippen molar-refractivity contribution in [2.45, 2.75) is 32.1 Å². The van der Waals surface area contributed by atoms with Crippen LogP contribution in [0.1, 0.15) is 31.4 Å². The molecule has 1 aliphatic rings. The third-order valence-corrected chi connectivity index (χ3v) is 4.22. The Hall–Kier alpha value is -2.30. The molecule has 1 aromatic carbocycles. The number of ether oxygens (including phenoxy) is 1. The molecule has 1 fully saturated rings. The second-order valence-electron chi connectivity index (χ2n) is 5.88. The molecule has 1 saturated heterocycles. The predicted molar refractivity (Wildman–Crippen MR) is 87.2 cm³/mol. The summed E-state index contributed by atoms with van der Waals surface area (Å²) in [6.07, 6.45) is 4.94. The molecule has 0 atom stereocenters. The molecule has 122 valence electrons. The Morgan fingerprint density at radius 1 is 1.17 bits per heavy atom. The van der Waals surface area contributed by atoms with Gasteiger partial charge in [-0.15, -0.1) is 0 Å². The van der Waals surface area contributed by atoms with Crippen LogP contribution in [-0.4, -0.2) is 36.2 Å². The topological polar surface area (TPSA) is 55.6 Å². The Bertz CT molecular complexity index is 641. The normalized spacial score (nSPS) is 15.3. The van der Waals surface area contributed by atoms with Crippen LogP contribution in [0.5, 0.6) is 5.75 Å². The number of rotatable bonds is 4. The number of hydrogen-bond acceptors (Lipinski definition) is 4. The van der Waals surface area contributed by atoms with Crippen molar-refractivity contribution in [3.05, 3.63) is 36.0 Å². The molecule has 1 amide bonds. The van der Waals surface area contributed by atoms with Gasteiger partial charge in [-0.2, -0.15) is 0 Å². The summed E-state index contributed by atoms with van der Waals surface area (Å²) in [6.45, 7) is 1.73. The number of benzene rings is 1. The molecule has 5 nitrogen and oxygen atoms in total. The first-order chi connectivity index (χ1) is 11.3. The second kappa shape index (κ2) is 7.31. The fraction of sp³-hybridized carbons (Fsp3) is 0.444. The van der Waals surface area contributed by atoms with Gasteiger partial charge in [0.25, 0.3) is 0 Å². The molecule has 0 bridgehead atoms. The lowest BCUT2D eigenvalue weighted by atomic mass is 10.1. The summed E-state index contributed by atoms with van der Waals surface area (Å²) in [5, 5.41) is 4.04. The Morgan fingerprint density at radius 3 is 2.52 bits per heavy atom. The largest absolute Gasteiger partial charge is 0.497 e. The van der Waals surface area contributed by atoms with Gasteiger partial charge in [0.1, 0.15) is 5.75 Å². The summed E-state index contributed by atoms with van der Waals surface area (Å²) < 4.78 is 10.5. The molecule has 0 spiro atoms. The quantitative estimate of drug-likeness (QED) is 0.869. The fourth-order valence-corrected chi connectivity index (χ4v) is 2.87. The lowest BCUT2D eigenvalue weighted by molar-refractivity contribution is -0.130. The molecule has 1 aliphatic heterocycles. The Morgan fingerprint density at radius 2 is 1.87 bits per heavy atom. The van der Waals surface area contributed by atoms with Crippen molar-refractivity contribution < 1.29 is 14.1 Å². The molecule has 0 aliphatic carbocycles. The average Bonchev–Trinajstić information content (AvgIpc) is 2.87. The van der Waals surface area contributed by atoms with Crippen LogP contribution >= 0.6 is 0 Å². The van der Waals surface area contributed by atoms with Gasteiger partial charge < -0.3 is 14.2 Å². The summed E-state index contributed by atoms with van der Waals surface area (Å²) >= 11 is 0. The second-order valence-corrected chi connectivity index (χ2v) is 5.88. The summed E-state index contributed by atoms with van der Waals surface area (Å²) in [6, 6.07) is 9.43. The number of hydrogen-bond donors (Lipinski definition) is 0. The van der Waals surface area contributed by atoms with Gasteiger partial charge in [-0.1, -0.05) is 18.0 Å². The van der Waals surface area contributed by atoms with Gasteiger partial charge in [0.2, 0.25) is 5.91 Å². The van der Waals surface area contributed by atoms with Gasteiger partial charge in [-0.05, 0) is 37.1 Å². The lowest BCUT2D eigenvalue weighted by Gasteiger charge is -2.19. The first-order valence-corrected chi connectivity index (χ1v) is 8.14. The fourth-order valence-electron chi connectivity index (χ4n) is 2.87. The summed E-state index contributed by atoms with van der Waals surface area (Å²) in [5.41, 5.74) is 1.61. The molecule has 0 N–H and O–H groups in total. The van der Waals surface area contributed by atoms with E-state index >= 15 is 0 Å².